The molecule has 1 aromatic heterocycles. The number of carbonyl (C=O) groups is 1. The molecule has 5 heteroatoms. The third kappa shape index (κ3) is 3.36. The summed E-state index contributed by atoms with van der Waals surface area (Å²) in [6.07, 6.45) is 4.16. The molecule has 0 radical (unpaired) electrons. The zero-order valence-electron chi connectivity index (χ0n) is 9.36. The van der Waals surface area contributed by atoms with Gasteiger partial charge in [0.25, 0.3) is 0 Å². The van der Waals surface area contributed by atoms with Crippen molar-refractivity contribution in [3.63, 3.8) is 0 Å². The van der Waals surface area contributed by atoms with Crippen LogP contribution in [0, 0.1) is 0 Å². The van der Waals surface area contributed by atoms with Gasteiger partial charge in [0, 0.05) is 19.7 Å². The van der Waals surface area contributed by atoms with Crippen molar-refractivity contribution in [1.82, 2.24) is 14.9 Å². The van der Waals surface area contributed by atoms with Crippen LogP contribution < -0.4 is 5.32 Å². The number of nitrogens with zero attached hydrogens (tertiary/aromatic N) is 2. The number of nitrogens with one attached hydrogen (secondary N) is 1. The fourth-order valence-corrected chi connectivity index (χ4v) is 1.33. The second kappa shape index (κ2) is 5.50. The Kier molecular flexibility index (Phi) is 4.30. The highest BCUT2D eigenvalue weighted by Gasteiger charge is 2.18. The molecule has 5 nitrogen and oxygen atoms in total. The first-order valence-corrected chi connectivity index (χ1v) is 4.98. The summed E-state index contributed by atoms with van der Waals surface area (Å²) < 4.78 is 6.79. The molecule has 1 heterocycles. The molecule has 15 heavy (non-hydrogen) atoms. The van der Waals surface area contributed by atoms with Gasteiger partial charge in [0.15, 0.2) is 0 Å². The van der Waals surface area contributed by atoms with Crippen LogP contribution >= 0.6 is 0 Å². The van der Waals surface area contributed by atoms with Crippen LogP contribution in [0.3, 0.4) is 0 Å². The van der Waals surface area contributed by atoms with Gasteiger partial charge in [-0.2, -0.15) is 0 Å². The van der Waals surface area contributed by atoms with E-state index in [0.29, 0.717) is 13.0 Å². The van der Waals surface area contributed by atoms with Crippen LogP contribution in [-0.2, 0) is 23.0 Å². The Morgan fingerprint density at radius 1 is 1.73 bits per heavy atom. The highest BCUT2D eigenvalue weighted by atomic mass is 16.5. The van der Waals surface area contributed by atoms with Crippen molar-refractivity contribution in [2.45, 2.75) is 19.4 Å². The van der Waals surface area contributed by atoms with E-state index < -0.39 is 0 Å². The SMILES string of the molecule is CCOC(=O)C(Cc1cn(C)cn1)NC. The summed E-state index contributed by atoms with van der Waals surface area (Å²) in [5, 5.41) is 2.92. The summed E-state index contributed by atoms with van der Waals surface area (Å²) >= 11 is 0. The quantitative estimate of drug-likeness (QED) is 0.702. The molecule has 0 bridgehead atoms. The van der Waals surface area contributed by atoms with Gasteiger partial charge >= 0.3 is 5.97 Å². The maximum Gasteiger partial charge on any atom is 0.323 e. The number of aromatic nitrogens is 2. The van der Waals surface area contributed by atoms with Crippen molar-refractivity contribution >= 4 is 5.97 Å². The third-order valence-corrected chi connectivity index (χ3v) is 2.09. The van der Waals surface area contributed by atoms with Crippen molar-refractivity contribution < 1.29 is 9.53 Å². The third-order valence-electron chi connectivity index (χ3n) is 2.09. The summed E-state index contributed by atoms with van der Waals surface area (Å²) in [4.78, 5) is 15.6. The predicted molar refractivity (Wildman–Crippen MR) is 56.4 cm³/mol. The molecular weight excluding hydrogens is 194 g/mol. The molecule has 0 aliphatic carbocycles. The first-order valence-electron chi connectivity index (χ1n) is 4.98. The van der Waals surface area contributed by atoms with Crippen LogP contribution in [0.5, 0.6) is 0 Å². The van der Waals surface area contributed by atoms with E-state index in [2.05, 4.69) is 10.3 Å². The van der Waals surface area contributed by atoms with Crippen LogP contribution in [0.4, 0.5) is 0 Å². The number of ether oxygens (including phenoxy) is 1. The van der Waals surface area contributed by atoms with Gasteiger partial charge in [-0.3, -0.25) is 4.79 Å². The highest BCUT2D eigenvalue weighted by Crippen LogP contribution is 2.01. The zero-order valence-corrected chi connectivity index (χ0v) is 9.36. The number of rotatable bonds is 5. The normalized spacial score (nSPS) is 12.5. The van der Waals surface area contributed by atoms with Gasteiger partial charge in [0.1, 0.15) is 6.04 Å². The van der Waals surface area contributed by atoms with Crippen molar-refractivity contribution in [3.05, 3.63) is 18.2 Å². The van der Waals surface area contributed by atoms with E-state index >= 15 is 0 Å². The van der Waals surface area contributed by atoms with Gasteiger partial charge in [0.2, 0.25) is 0 Å². The molecule has 1 atom stereocenters. The fraction of sp³-hybridized carbons (Fsp3) is 0.600. The van der Waals surface area contributed by atoms with E-state index in [1.165, 1.54) is 0 Å². The first kappa shape index (κ1) is 11.7. The smallest absolute Gasteiger partial charge is 0.323 e. The minimum atomic E-state index is -0.320. The molecule has 0 aromatic carbocycles. The Bertz CT molecular complexity index is 322. The second-order valence-corrected chi connectivity index (χ2v) is 3.33. The number of hydrogen-bond donors (Lipinski definition) is 1. The molecule has 1 N–H and O–H groups in total. The lowest BCUT2D eigenvalue weighted by atomic mass is 10.2. The molecule has 0 fully saturated rings. The van der Waals surface area contributed by atoms with Crippen molar-refractivity contribution in [2.75, 3.05) is 13.7 Å². The van der Waals surface area contributed by atoms with Gasteiger partial charge in [-0.25, -0.2) is 4.98 Å². The molecule has 0 aliphatic heterocycles. The lowest BCUT2D eigenvalue weighted by molar-refractivity contribution is -0.145. The van der Waals surface area contributed by atoms with E-state index in [0.717, 1.165) is 5.69 Å². The Morgan fingerprint density at radius 2 is 2.47 bits per heavy atom. The molecule has 0 amide bonds. The van der Waals surface area contributed by atoms with Gasteiger partial charge in [-0.1, -0.05) is 0 Å². The molecule has 1 rings (SSSR count). The molecule has 0 spiro atoms. The summed E-state index contributed by atoms with van der Waals surface area (Å²) in [6.45, 7) is 2.20. The average molecular weight is 211 g/mol. The van der Waals surface area contributed by atoms with E-state index in [4.69, 9.17) is 4.74 Å². The highest BCUT2D eigenvalue weighted by molar-refractivity contribution is 5.76. The predicted octanol–water partition coefficient (Wildman–Crippen LogP) is 0.114. The van der Waals surface area contributed by atoms with Crippen molar-refractivity contribution in [3.8, 4) is 0 Å². The molecule has 1 unspecified atom stereocenters. The molecule has 1 aromatic rings. The molecule has 0 saturated carbocycles. The van der Waals surface area contributed by atoms with Crippen molar-refractivity contribution in [2.24, 2.45) is 7.05 Å². The maximum atomic E-state index is 11.5. The summed E-state index contributed by atoms with van der Waals surface area (Å²) in [5.74, 6) is -0.231. The minimum Gasteiger partial charge on any atom is -0.465 e. The number of carbonyl (C=O) groups excluding carboxylic acids is 1. The lowest BCUT2D eigenvalue weighted by Gasteiger charge is -2.12. The Morgan fingerprint density at radius 3 is 2.93 bits per heavy atom. The van der Waals surface area contributed by atoms with Crippen LogP contribution in [0.2, 0.25) is 0 Å². The van der Waals surface area contributed by atoms with Gasteiger partial charge in [-0.05, 0) is 14.0 Å². The van der Waals surface area contributed by atoms with Crippen LogP contribution in [-0.4, -0.2) is 35.2 Å². The number of esters is 1. The standard InChI is InChI=1S/C10H17N3O2/c1-4-15-10(14)9(11-2)5-8-6-13(3)7-12-8/h6-7,9,11H,4-5H2,1-3H3. The van der Waals surface area contributed by atoms with Crippen LogP contribution in [0.15, 0.2) is 12.5 Å². The van der Waals surface area contributed by atoms with Gasteiger partial charge in [-0.15, -0.1) is 0 Å². The topological polar surface area (TPSA) is 56.2 Å². The van der Waals surface area contributed by atoms with E-state index in [-0.39, 0.29) is 12.0 Å². The molecular formula is C10H17N3O2. The van der Waals surface area contributed by atoms with Crippen LogP contribution in [0.25, 0.3) is 0 Å². The van der Waals surface area contributed by atoms with Gasteiger partial charge < -0.3 is 14.6 Å². The van der Waals surface area contributed by atoms with E-state index in [1.807, 2.05) is 17.8 Å². The van der Waals surface area contributed by atoms with E-state index in [1.54, 1.807) is 20.3 Å². The Labute approximate surface area is 89.4 Å². The lowest BCUT2D eigenvalue weighted by Crippen LogP contribution is -2.37. The zero-order chi connectivity index (χ0) is 11.3. The summed E-state index contributed by atoms with van der Waals surface area (Å²) in [6, 6.07) is -0.320. The maximum absolute atomic E-state index is 11.5. The largest absolute Gasteiger partial charge is 0.465 e. The number of imidazole rings is 1. The Balaban J connectivity index is 2.57. The number of aryl methyl sites for hydroxylation is 1. The first-order chi connectivity index (χ1) is 7.17. The summed E-state index contributed by atoms with van der Waals surface area (Å²) in [7, 11) is 3.64. The molecule has 0 aliphatic rings. The minimum absolute atomic E-state index is 0.231. The van der Waals surface area contributed by atoms with Crippen molar-refractivity contribution in [1.29, 1.82) is 0 Å². The van der Waals surface area contributed by atoms with E-state index in [9.17, 15) is 4.79 Å². The number of likely N-dealkylation sites (N-methyl/N-ethyl adjacent to an activating group) is 1. The Hall–Kier alpha value is -1.36. The number of hydrogen-bond acceptors (Lipinski definition) is 4. The fourth-order valence-electron chi connectivity index (χ4n) is 1.33. The average Bonchev–Trinajstić information content (AvgIpc) is 2.61. The molecule has 0 saturated heterocycles. The van der Waals surface area contributed by atoms with Gasteiger partial charge in [0.05, 0.1) is 18.6 Å². The molecule has 84 valence electrons. The second-order valence-electron chi connectivity index (χ2n) is 3.33. The van der Waals surface area contributed by atoms with Crippen LogP contribution in [0.1, 0.15) is 12.6 Å². The monoisotopic (exact) mass is 211 g/mol. The summed E-state index contributed by atoms with van der Waals surface area (Å²) in [5.41, 5.74) is 0.880.